The van der Waals surface area contributed by atoms with Crippen molar-refractivity contribution in [3.63, 3.8) is 0 Å². The molecule has 0 aromatic carbocycles. The molecule has 0 radical (unpaired) electrons. The Morgan fingerprint density at radius 2 is 0.870 bits per heavy atom. The summed E-state index contributed by atoms with van der Waals surface area (Å²) in [6, 6.07) is 0. The summed E-state index contributed by atoms with van der Waals surface area (Å²) in [6.07, 6.45) is 9.84. The van der Waals surface area contributed by atoms with E-state index in [-0.39, 0.29) is 53.5 Å². The molecule has 3 saturated carbocycles. The minimum Gasteiger partial charge on any atom is -0.424 e. The predicted octanol–water partition coefficient (Wildman–Crippen LogP) is 6.19. The molecule has 46 heavy (non-hydrogen) atoms. The van der Waals surface area contributed by atoms with Crippen LogP contribution < -0.4 is 17.1 Å². The van der Waals surface area contributed by atoms with Crippen LogP contribution in [0.4, 0.5) is 0 Å². The summed E-state index contributed by atoms with van der Waals surface area (Å²) in [5.74, 6) is 0.443. The van der Waals surface area contributed by atoms with Gasteiger partial charge in [0.05, 0.1) is 0 Å². The SMILES string of the molecule is CC1CC(C)(C)CC(C)(Cn2c(=O)n(CC3(C)CC(OC#N)CC(C)(C)C3)c(=O)n(CC3(C)CC(OC#N)CC(C)(C)C3)c2=O)C1. The number of ether oxygens (including phenoxy) is 2. The van der Waals surface area contributed by atoms with E-state index in [9.17, 15) is 24.9 Å². The lowest BCUT2D eigenvalue weighted by atomic mass is 9.61. The highest BCUT2D eigenvalue weighted by Gasteiger charge is 2.46. The largest absolute Gasteiger partial charge is 0.424 e. The molecule has 1 aromatic rings. The molecular formula is C36H57N5O5. The predicted molar refractivity (Wildman–Crippen MR) is 177 cm³/mol. The Labute approximate surface area is 274 Å². The van der Waals surface area contributed by atoms with E-state index in [1.165, 1.54) is 13.7 Å². The minimum atomic E-state index is -0.599. The van der Waals surface area contributed by atoms with E-state index in [2.05, 4.69) is 69.2 Å². The number of hydrogen-bond acceptors (Lipinski definition) is 7. The molecule has 3 aliphatic carbocycles. The lowest BCUT2D eigenvalue weighted by Crippen LogP contribution is -2.59. The zero-order valence-corrected chi connectivity index (χ0v) is 30.0. The molecule has 6 unspecified atom stereocenters. The maximum absolute atomic E-state index is 14.4. The Hall–Kier alpha value is -3.01. The third-order valence-electron chi connectivity index (χ3n) is 10.9. The molecule has 0 saturated heterocycles. The number of rotatable bonds is 8. The lowest BCUT2D eigenvalue weighted by molar-refractivity contribution is -0.0236. The molecule has 3 fully saturated rings. The standard InChI is InChI=1S/C36H57N5O5/c1-25-11-31(2,3)17-34(8,12-25)20-39-28(42)40(21-35(9)15-26(45-23-37)13-32(4,5)18-35)30(44)41(29(39)43)22-36(10)16-27(46-24-38)14-33(6,7)19-36/h25-27H,11-22H2,1-10H3. The molecule has 256 valence electrons. The summed E-state index contributed by atoms with van der Waals surface area (Å²) in [4.78, 5) is 43.2. The maximum atomic E-state index is 14.4. The third kappa shape index (κ3) is 8.09. The van der Waals surface area contributed by atoms with Crippen LogP contribution in [-0.2, 0) is 29.1 Å². The molecule has 0 aliphatic heterocycles. The second kappa shape index (κ2) is 12.2. The second-order valence-corrected chi connectivity index (χ2v) is 19.1. The normalized spacial score (nSPS) is 35.0. The fourth-order valence-electron chi connectivity index (χ4n) is 11.1. The molecule has 1 heterocycles. The average molecular weight is 640 g/mol. The van der Waals surface area contributed by atoms with Gasteiger partial charge in [0.25, 0.3) is 12.5 Å². The highest BCUT2D eigenvalue weighted by atomic mass is 16.5. The first-order valence-corrected chi connectivity index (χ1v) is 17.1. The van der Waals surface area contributed by atoms with Gasteiger partial charge < -0.3 is 9.47 Å². The Morgan fingerprint density at radius 3 is 1.17 bits per heavy atom. The molecule has 0 bridgehead atoms. The number of hydrogen-bond donors (Lipinski definition) is 0. The summed E-state index contributed by atoms with van der Waals surface area (Å²) >= 11 is 0. The van der Waals surface area contributed by atoms with E-state index in [0.717, 1.165) is 32.1 Å². The Morgan fingerprint density at radius 1 is 0.565 bits per heavy atom. The summed E-state index contributed by atoms with van der Waals surface area (Å²) in [5.41, 5.74) is -3.32. The molecule has 4 rings (SSSR count). The second-order valence-electron chi connectivity index (χ2n) is 19.1. The topological polar surface area (TPSA) is 132 Å². The lowest BCUT2D eigenvalue weighted by Gasteiger charge is -2.47. The van der Waals surface area contributed by atoms with Crippen LogP contribution in [0.5, 0.6) is 0 Å². The van der Waals surface area contributed by atoms with Crippen LogP contribution in [0.1, 0.15) is 127 Å². The zero-order chi connectivity index (χ0) is 34.5. The van der Waals surface area contributed by atoms with Crippen molar-refractivity contribution in [1.29, 1.82) is 10.5 Å². The van der Waals surface area contributed by atoms with Crippen molar-refractivity contribution in [2.24, 2.45) is 38.4 Å². The van der Waals surface area contributed by atoms with E-state index in [4.69, 9.17) is 9.47 Å². The first-order chi connectivity index (χ1) is 21.0. The van der Waals surface area contributed by atoms with Crippen molar-refractivity contribution in [2.45, 2.75) is 159 Å². The highest BCUT2D eigenvalue weighted by Crippen LogP contribution is 2.50. The summed E-state index contributed by atoms with van der Waals surface area (Å²) in [6.45, 7) is 22.0. The van der Waals surface area contributed by atoms with E-state index in [1.807, 2.05) is 12.5 Å². The fraction of sp³-hybridized carbons (Fsp3) is 0.861. The van der Waals surface area contributed by atoms with Crippen LogP contribution in [0, 0.1) is 61.4 Å². The quantitative estimate of drug-likeness (QED) is 0.310. The van der Waals surface area contributed by atoms with E-state index in [0.29, 0.717) is 31.6 Å². The van der Waals surface area contributed by atoms with Gasteiger partial charge in [-0.1, -0.05) is 69.2 Å². The summed E-state index contributed by atoms with van der Waals surface area (Å²) in [5, 5.41) is 18.6. The van der Waals surface area contributed by atoms with Crippen LogP contribution in [0.25, 0.3) is 0 Å². The molecular weight excluding hydrogens is 582 g/mol. The fourth-order valence-corrected chi connectivity index (χ4v) is 11.1. The van der Waals surface area contributed by atoms with Gasteiger partial charge in [-0.05, 0) is 96.2 Å². The highest BCUT2D eigenvalue weighted by molar-refractivity contribution is 4.98. The van der Waals surface area contributed by atoms with Gasteiger partial charge in [-0.3, -0.25) is 0 Å². The average Bonchev–Trinajstić information content (AvgIpc) is 2.84. The molecule has 10 nitrogen and oxygen atoms in total. The van der Waals surface area contributed by atoms with Crippen LogP contribution in [-0.4, -0.2) is 25.9 Å². The van der Waals surface area contributed by atoms with Crippen molar-refractivity contribution in [3.8, 4) is 12.5 Å². The van der Waals surface area contributed by atoms with Gasteiger partial charge in [0.2, 0.25) is 0 Å². The van der Waals surface area contributed by atoms with Gasteiger partial charge in [-0.15, -0.1) is 0 Å². The Kier molecular flexibility index (Phi) is 9.52. The molecule has 0 N–H and O–H groups in total. The number of nitriles is 2. The van der Waals surface area contributed by atoms with E-state index >= 15 is 0 Å². The van der Waals surface area contributed by atoms with Gasteiger partial charge in [-0.25, -0.2) is 28.1 Å². The van der Waals surface area contributed by atoms with Crippen molar-refractivity contribution in [2.75, 3.05) is 0 Å². The van der Waals surface area contributed by atoms with Gasteiger partial charge in [0, 0.05) is 19.6 Å². The van der Waals surface area contributed by atoms with E-state index < -0.39 is 27.9 Å². The first kappa shape index (κ1) is 35.8. The van der Waals surface area contributed by atoms with Crippen molar-refractivity contribution >= 4 is 0 Å². The smallest absolute Gasteiger partial charge is 0.336 e. The molecule has 3 aliphatic rings. The van der Waals surface area contributed by atoms with Crippen molar-refractivity contribution in [3.05, 3.63) is 31.5 Å². The molecule has 1 aromatic heterocycles. The number of aromatic nitrogens is 3. The van der Waals surface area contributed by atoms with Gasteiger partial charge in [-0.2, -0.15) is 10.5 Å². The molecule has 0 amide bonds. The Bertz CT molecular complexity index is 1480. The molecule has 6 atom stereocenters. The maximum Gasteiger partial charge on any atom is 0.336 e. The minimum absolute atomic E-state index is 0.0668. The van der Waals surface area contributed by atoms with E-state index in [1.54, 1.807) is 0 Å². The van der Waals surface area contributed by atoms with Gasteiger partial charge >= 0.3 is 17.1 Å². The van der Waals surface area contributed by atoms with Crippen LogP contribution >= 0.6 is 0 Å². The summed E-state index contributed by atoms with van der Waals surface area (Å²) < 4.78 is 14.8. The summed E-state index contributed by atoms with van der Waals surface area (Å²) in [7, 11) is 0. The van der Waals surface area contributed by atoms with Crippen LogP contribution in [0.3, 0.4) is 0 Å². The van der Waals surface area contributed by atoms with Crippen molar-refractivity contribution < 1.29 is 9.47 Å². The van der Waals surface area contributed by atoms with Gasteiger partial charge in [0.1, 0.15) is 12.2 Å². The zero-order valence-electron chi connectivity index (χ0n) is 30.0. The number of nitrogens with zero attached hydrogens (tertiary/aromatic N) is 5. The third-order valence-corrected chi connectivity index (χ3v) is 10.9. The van der Waals surface area contributed by atoms with Crippen LogP contribution in [0.15, 0.2) is 14.4 Å². The van der Waals surface area contributed by atoms with Crippen molar-refractivity contribution in [1.82, 2.24) is 13.7 Å². The van der Waals surface area contributed by atoms with Gasteiger partial charge in [0.15, 0.2) is 0 Å². The van der Waals surface area contributed by atoms with Crippen LogP contribution in [0.2, 0.25) is 0 Å². The molecule has 0 spiro atoms. The first-order valence-electron chi connectivity index (χ1n) is 17.1. The Balaban J connectivity index is 1.85. The molecule has 10 heteroatoms. The monoisotopic (exact) mass is 639 g/mol.